The largest absolute Gasteiger partial charge is 0.374 e. The van der Waals surface area contributed by atoms with Crippen molar-refractivity contribution in [2.45, 2.75) is 26.3 Å². The lowest BCUT2D eigenvalue weighted by molar-refractivity contribution is -0.120. The number of amides is 1. The lowest BCUT2D eigenvalue weighted by atomic mass is 10.2. The van der Waals surface area contributed by atoms with Crippen LogP contribution in [0.3, 0.4) is 0 Å². The molecule has 1 amide bonds. The van der Waals surface area contributed by atoms with Gasteiger partial charge in [-0.3, -0.25) is 4.79 Å². The summed E-state index contributed by atoms with van der Waals surface area (Å²) in [6.45, 7) is 3.99. The molecule has 0 bridgehead atoms. The zero-order valence-corrected chi connectivity index (χ0v) is 11.5. The topological polar surface area (TPSA) is 41.1 Å². The van der Waals surface area contributed by atoms with E-state index in [0.29, 0.717) is 5.69 Å². The molecule has 0 saturated heterocycles. The number of hydrogen-bond acceptors (Lipinski definition) is 2. The number of anilines is 1. The summed E-state index contributed by atoms with van der Waals surface area (Å²) in [6.07, 6.45) is 0.872. The summed E-state index contributed by atoms with van der Waals surface area (Å²) in [4.78, 5) is 11.5. The quantitative estimate of drug-likeness (QED) is 0.878. The van der Waals surface area contributed by atoms with Crippen molar-refractivity contribution in [2.75, 3.05) is 11.9 Å². The van der Waals surface area contributed by atoms with Gasteiger partial charge in [-0.25, -0.2) is 4.39 Å². The van der Waals surface area contributed by atoms with Gasteiger partial charge in [-0.1, -0.05) is 22.9 Å². The molecule has 0 spiro atoms. The molecule has 0 radical (unpaired) electrons. The van der Waals surface area contributed by atoms with Crippen LogP contribution in [-0.2, 0) is 4.79 Å². The van der Waals surface area contributed by atoms with Gasteiger partial charge in [0.05, 0.1) is 12.2 Å². The summed E-state index contributed by atoms with van der Waals surface area (Å²) >= 11 is 3.25. The molecule has 0 aliphatic carbocycles. The van der Waals surface area contributed by atoms with Gasteiger partial charge in [0.15, 0.2) is 0 Å². The second kappa shape index (κ2) is 6.59. The van der Waals surface area contributed by atoms with Crippen LogP contribution in [0, 0.1) is 5.82 Å². The predicted octanol–water partition coefficient (Wildman–Crippen LogP) is 2.91. The molecule has 0 aromatic heterocycles. The second-order valence-corrected chi connectivity index (χ2v) is 4.77. The number of rotatable bonds is 5. The first kappa shape index (κ1) is 14.0. The lowest BCUT2D eigenvalue weighted by Gasteiger charge is -2.12. The van der Waals surface area contributed by atoms with Gasteiger partial charge < -0.3 is 10.6 Å². The molecule has 17 heavy (non-hydrogen) atoms. The van der Waals surface area contributed by atoms with Gasteiger partial charge in [0, 0.05) is 10.5 Å². The molecule has 94 valence electrons. The molecule has 1 atom stereocenters. The van der Waals surface area contributed by atoms with Crippen molar-refractivity contribution >= 4 is 27.5 Å². The fourth-order valence-corrected chi connectivity index (χ4v) is 1.60. The standard InChI is InChI=1S/C12H16BrFN2O/c1-3-8(2)16-12(17)7-15-11-6-9(13)4-5-10(11)14/h4-6,8,15H,3,7H2,1-2H3,(H,16,17). The van der Waals surface area contributed by atoms with Crippen LogP contribution in [0.2, 0.25) is 0 Å². The first-order valence-electron chi connectivity index (χ1n) is 5.51. The molecule has 0 heterocycles. The van der Waals surface area contributed by atoms with Gasteiger partial charge in [0.2, 0.25) is 5.91 Å². The Bertz CT molecular complexity index is 398. The minimum absolute atomic E-state index is 0.0672. The summed E-state index contributed by atoms with van der Waals surface area (Å²) in [6, 6.07) is 4.70. The molecule has 0 saturated carbocycles. The first-order chi connectivity index (χ1) is 8.02. The normalized spacial score (nSPS) is 12.0. The zero-order valence-electron chi connectivity index (χ0n) is 9.89. The average molecular weight is 303 g/mol. The van der Waals surface area contributed by atoms with E-state index >= 15 is 0 Å². The molecule has 1 aromatic carbocycles. The average Bonchev–Trinajstić information content (AvgIpc) is 2.30. The van der Waals surface area contributed by atoms with E-state index in [2.05, 4.69) is 26.6 Å². The number of carbonyl (C=O) groups is 1. The Balaban J connectivity index is 2.50. The second-order valence-electron chi connectivity index (χ2n) is 3.85. The van der Waals surface area contributed by atoms with Crippen molar-refractivity contribution in [1.29, 1.82) is 0 Å². The van der Waals surface area contributed by atoms with Crippen molar-refractivity contribution in [3.05, 3.63) is 28.5 Å². The van der Waals surface area contributed by atoms with Gasteiger partial charge in [-0.15, -0.1) is 0 Å². The van der Waals surface area contributed by atoms with Crippen LogP contribution in [0.15, 0.2) is 22.7 Å². The van der Waals surface area contributed by atoms with Gasteiger partial charge in [-0.05, 0) is 31.5 Å². The fourth-order valence-electron chi connectivity index (χ4n) is 1.24. The Hall–Kier alpha value is -1.10. The Kier molecular flexibility index (Phi) is 5.41. The van der Waals surface area contributed by atoms with Crippen molar-refractivity contribution < 1.29 is 9.18 Å². The first-order valence-corrected chi connectivity index (χ1v) is 6.30. The van der Waals surface area contributed by atoms with Crippen molar-refractivity contribution in [2.24, 2.45) is 0 Å². The molecule has 0 aliphatic rings. The minimum Gasteiger partial charge on any atom is -0.374 e. The van der Waals surface area contributed by atoms with Crippen molar-refractivity contribution in [1.82, 2.24) is 5.32 Å². The molecular formula is C12H16BrFN2O. The van der Waals surface area contributed by atoms with E-state index in [-0.39, 0.29) is 24.3 Å². The molecule has 3 nitrogen and oxygen atoms in total. The number of carbonyl (C=O) groups excluding carboxylic acids is 1. The van der Waals surface area contributed by atoms with Crippen LogP contribution < -0.4 is 10.6 Å². The number of nitrogens with one attached hydrogen (secondary N) is 2. The summed E-state index contributed by atoms with van der Waals surface area (Å²) in [7, 11) is 0. The van der Waals surface area contributed by atoms with Gasteiger partial charge in [-0.2, -0.15) is 0 Å². The summed E-state index contributed by atoms with van der Waals surface area (Å²) in [5.74, 6) is -0.511. The molecule has 5 heteroatoms. The smallest absolute Gasteiger partial charge is 0.239 e. The van der Waals surface area contributed by atoms with E-state index in [4.69, 9.17) is 0 Å². The maximum absolute atomic E-state index is 13.3. The monoisotopic (exact) mass is 302 g/mol. The lowest BCUT2D eigenvalue weighted by Crippen LogP contribution is -2.36. The summed E-state index contributed by atoms with van der Waals surface area (Å²) in [5.41, 5.74) is 0.318. The molecule has 0 fully saturated rings. The molecule has 1 aromatic rings. The van der Waals surface area contributed by atoms with E-state index in [1.54, 1.807) is 12.1 Å². The van der Waals surface area contributed by atoms with Gasteiger partial charge >= 0.3 is 0 Å². The molecular weight excluding hydrogens is 287 g/mol. The van der Waals surface area contributed by atoms with Crippen LogP contribution in [-0.4, -0.2) is 18.5 Å². The Labute approximate surface area is 109 Å². The Morgan fingerprint density at radius 2 is 2.24 bits per heavy atom. The van der Waals surface area contributed by atoms with Crippen LogP contribution >= 0.6 is 15.9 Å². The third-order valence-electron chi connectivity index (χ3n) is 2.39. The molecule has 1 rings (SSSR count). The highest BCUT2D eigenvalue weighted by molar-refractivity contribution is 9.10. The van der Waals surface area contributed by atoms with Crippen LogP contribution in [0.4, 0.5) is 10.1 Å². The zero-order chi connectivity index (χ0) is 12.8. The van der Waals surface area contributed by atoms with Crippen molar-refractivity contribution in [3.63, 3.8) is 0 Å². The highest BCUT2D eigenvalue weighted by Crippen LogP contribution is 2.19. The molecule has 1 unspecified atom stereocenters. The Morgan fingerprint density at radius 3 is 2.88 bits per heavy atom. The molecule has 0 aliphatic heterocycles. The van der Waals surface area contributed by atoms with E-state index < -0.39 is 0 Å². The van der Waals surface area contributed by atoms with Gasteiger partial charge in [0.25, 0.3) is 0 Å². The number of halogens is 2. The number of benzene rings is 1. The third-order valence-corrected chi connectivity index (χ3v) is 2.88. The van der Waals surface area contributed by atoms with E-state index in [0.717, 1.165) is 10.9 Å². The van der Waals surface area contributed by atoms with Crippen molar-refractivity contribution in [3.8, 4) is 0 Å². The highest BCUT2D eigenvalue weighted by Gasteiger charge is 2.07. The molecule has 2 N–H and O–H groups in total. The van der Waals surface area contributed by atoms with Crippen LogP contribution in [0.5, 0.6) is 0 Å². The maximum Gasteiger partial charge on any atom is 0.239 e. The fraction of sp³-hybridized carbons (Fsp3) is 0.417. The van der Waals surface area contributed by atoms with E-state index in [1.165, 1.54) is 6.07 Å². The predicted molar refractivity (Wildman–Crippen MR) is 70.5 cm³/mol. The summed E-state index contributed by atoms with van der Waals surface area (Å²) < 4.78 is 14.1. The van der Waals surface area contributed by atoms with Crippen LogP contribution in [0.25, 0.3) is 0 Å². The van der Waals surface area contributed by atoms with E-state index in [1.807, 2.05) is 13.8 Å². The maximum atomic E-state index is 13.3. The third kappa shape index (κ3) is 4.73. The van der Waals surface area contributed by atoms with E-state index in [9.17, 15) is 9.18 Å². The SMILES string of the molecule is CCC(C)NC(=O)CNc1cc(Br)ccc1F. The summed E-state index contributed by atoms with van der Waals surface area (Å²) in [5, 5.41) is 5.56. The number of hydrogen-bond donors (Lipinski definition) is 2. The highest BCUT2D eigenvalue weighted by atomic mass is 79.9. The Morgan fingerprint density at radius 1 is 1.53 bits per heavy atom. The van der Waals surface area contributed by atoms with Gasteiger partial charge in [0.1, 0.15) is 5.82 Å². The minimum atomic E-state index is -0.371. The van der Waals surface area contributed by atoms with Crippen LogP contribution in [0.1, 0.15) is 20.3 Å².